The first-order valence-corrected chi connectivity index (χ1v) is 11.1. The zero-order chi connectivity index (χ0) is 19.3. The molecule has 1 aromatic carbocycles. The number of carbonyl (C=O) groups excluding carboxylic acids is 2. The number of piperidine rings is 1. The van der Waals surface area contributed by atoms with Crippen LogP contribution in [0, 0.1) is 11.8 Å². The van der Waals surface area contributed by atoms with E-state index < -0.39 is 0 Å². The van der Waals surface area contributed by atoms with Crippen LogP contribution in [0.1, 0.15) is 68.1 Å². The van der Waals surface area contributed by atoms with E-state index in [9.17, 15) is 9.59 Å². The molecule has 5 heteroatoms. The van der Waals surface area contributed by atoms with E-state index in [0.717, 1.165) is 37.8 Å². The summed E-state index contributed by atoms with van der Waals surface area (Å²) < 4.78 is 0. The Hall–Kier alpha value is -1.88. The van der Waals surface area contributed by atoms with Gasteiger partial charge < -0.3 is 10.6 Å². The first-order valence-electron chi connectivity index (χ1n) is 11.1. The van der Waals surface area contributed by atoms with Crippen molar-refractivity contribution in [1.29, 1.82) is 0 Å². The summed E-state index contributed by atoms with van der Waals surface area (Å²) in [7, 11) is 0. The zero-order valence-electron chi connectivity index (χ0n) is 16.8. The van der Waals surface area contributed by atoms with Gasteiger partial charge in [0.2, 0.25) is 5.91 Å². The molecule has 4 rings (SSSR count). The first-order chi connectivity index (χ1) is 13.7. The van der Waals surface area contributed by atoms with E-state index in [1.54, 1.807) is 6.07 Å². The van der Waals surface area contributed by atoms with Crippen molar-refractivity contribution in [3.05, 3.63) is 29.8 Å². The van der Waals surface area contributed by atoms with E-state index in [0.29, 0.717) is 17.8 Å². The lowest BCUT2D eigenvalue weighted by Crippen LogP contribution is -2.45. The van der Waals surface area contributed by atoms with Crippen LogP contribution in [0.2, 0.25) is 0 Å². The Kier molecular flexibility index (Phi) is 6.30. The minimum atomic E-state index is -0.0779. The zero-order valence-corrected chi connectivity index (χ0v) is 16.8. The second-order valence-electron chi connectivity index (χ2n) is 8.88. The summed E-state index contributed by atoms with van der Waals surface area (Å²) in [6.07, 6.45) is 11.1. The highest BCUT2D eigenvalue weighted by Gasteiger charge is 2.31. The molecule has 0 aromatic heterocycles. The molecule has 1 saturated heterocycles. The Balaban J connectivity index is 1.33. The molecule has 3 aliphatic rings. The number of amides is 2. The molecule has 1 aromatic rings. The molecule has 2 atom stereocenters. The molecule has 5 nitrogen and oxygen atoms in total. The summed E-state index contributed by atoms with van der Waals surface area (Å²) in [5, 5.41) is 6.11. The molecular weight excluding hydrogens is 350 g/mol. The molecular formula is C23H33N3O2. The molecule has 28 heavy (non-hydrogen) atoms. The van der Waals surface area contributed by atoms with Gasteiger partial charge in [0.05, 0.1) is 17.8 Å². The third-order valence-electron chi connectivity index (χ3n) is 6.88. The molecule has 0 radical (unpaired) electrons. The van der Waals surface area contributed by atoms with E-state index in [1.165, 1.54) is 44.9 Å². The SMILES string of the molecule is O=C(CN1CC[C@H]2CCCC[C@@H]2C1)Nc1ccccc1C(=O)NC1CCCC1. The third kappa shape index (κ3) is 4.75. The van der Waals surface area contributed by atoms with Gasteiger partial charge in [-0.05, 0) is 56.2 Å². The number of rotatable bonds is 5. The number of benzene rings is 1. The topological polar surface area (TPSA) is 61.4 Å². The Morgan fingerprint density at radius 2 is 1.64 bits per heavy atom. The van der Waals surface area contributed by atoms with E-state index in [4.69, 9.17) is 0 Å². The molecule has 0 unspecified atom stereocenters. The summed E-state index contributed by atoms with van der Waals surface area (Å²) in [6.45, 7) is 2.47. The van der Waals surface area contributed by atoms with E-state index >= 15 is 0 Å². The summed E-state index contributed by atoms with van der Waals surface area (Å²) >= 11 is 0. The second kappa shape index (κ2) is 9.08. The molecule has 3 fully saturated rings. The first kappa shape index (κ1) is 19.4. The molecule has 1 heterocycles. The van der Waals surface area contributed by atoms with Gasteiger partial charge in [-0.25, -0.2) is 0 Å². The molecule has 2 aliphatic carbocycles. The van der Waals surface area contributed by atoms with E-state index in [-0.39, 0.29) is 17.9 Å². The largest absolute Gasteiger partial charge is 0.349 e. The highest BCUT2D eigenvalue weighted by atomic mass is 16.2. The Labute approximate surface area is 168 Å². The van der Waals surface area contributed by atoms with Gasteiger partial charge in [0.25, 0.3) is 5.91 Å². The van der Waals surface area contributed by atoms with Crippen LogP contribution in [0.4, 0.5) is 5.69 Å². The summed E-state index contributed by atoms with van der Waals surface area (Å²) in [6, 6.07) is 7.62. The Bertz CT molecular complexity index is 699. The number of hydrogen-bond acceptors (Lipinski definition) is 3. The predicted octanol–water partition coefficient (Wildman–Crippen LogP) is 3.81. The van der Waals surface area contributed by atoms with E-state index in [2.05, 4.69) is 15.5 Å². The highest BCUT2D eigenvalue weighted by Crippen LogP contribution is 2.35. The van der Waals surface area contributed by atoms with Gasteiger partial charge >= 0.3 is 0 Å². The van der Waals surface area contributed by atoms with Gasteiger partial charge in [0.1, 0.15) is 0 Å². The number of para-hydroxylation sites is 1. The fourth-order valence-corrected chi connectivity index (χ4v) is 5.34. The van der Waals surface area contributed by atoms with E-state index in [1.807, 2.05) is 18.2 Å². The fraction of sp³-hybridized carbons (Fsp3) is 0.652. The second-order valence-corrected chi connectivity index (χ2v) is 8.88. The lowest BCUT2D eigenvalue weighted by molar-refractivity contribution is -0.118. The van der Waals surface area contributed by atoms with Crippen molar-refractivity contribution in [3.8, 4) is 0 Å². The lowest BCUT2D eigenvalue weighted by Gasteiger charge is -2.41. The van der Waals surface area contributed by atoms with Crippen molar-refractivity contribution in [2.24, 2.45) is 11.8 Å². The van der Waals surface area contributed by atoms with Crippen LogP contribution in [-0.4, -0.2) is 42.4 Å². The maximum atomic E-state index is 12.7. The molecule has 1 aliphatic heterocycles. The summed E-state index contributed by atoms with van der Waals surface area (Å²) in [4.78, 5) is 27.6. The average Bonchev–Trinajstić information content (AvgIpc) is 3.21. The maximum Gasteiger partial charge on any atom is 0.253 e. The minimum Gasteiger partial charge on any atom is -0.349 e. The van der Waals surface area contributed by atoms with Crippen molar-refractivity contribution in [2.45, 2.75) is 63.8 Å². The van der Waals surface area contributed by atoms with Crippen molar-refractivity contribution < 1.29 is 9.59 Å². The number of anilines is 1. The molecule has 2 N–H and O–H groups in total. The van der Waals surface area contributed by atoms with Crippen molar-refractivity contribution in [3.63, 3.8) is 0 Å². The van der Waals surface area contributed by atoms with Crippen LogP contribution >= 0.6 is 0 Å². The van der Waals surface area contributed by atoms with Crippen LogP contribution in [0.5, 0.6) is 0 Å². The Morgan fingerprint density at radius 1 is 0.929 bits per heavy atom. The standard InChI is InChI=1S/C23H33N3O2/c27-22(16-26-14-13-17-7-1-2-8-18(17)15-26)25-21-12-6-5-11-20(21)23(28)24-19-9-3-4-10-19/h5-6,11-12,17-19H,1-4,7-10,13-16H2,(H,24,28)(H,25,27)/t17-,18-/m1/s1. The Morgan fingerprint density at radius 3 is 2.46 bits per heavy atom. The maximum absolute atomic E-state index is 12.7. The van der Waals surface area contributed by atoms with Gasteiger partial charge in [-0.3, -0.25) is 14.5 Å². The highest BCUT2D eigenvalue weighted by molar-refractivity contribution is 6.04. The van der Waals surface area contributed by atoms with Crippen LogP contribution < -0.4 is 10.6 Å². The van der Waals surface area contributed by atoms with Crippen molar-refractivity contribution >= 4 is 17.5 Å². The van der Waals surface area contributed by atoms with Crippen LogP contribution in [0.15, 0.2) is 24.3 Å². The minimum absolute atomic E-state index is 0.0182. The van der Waals surface area contributed by atoms with Gasteiger partial charge in [-0.2, -0.15) is 0 Å². The predicted molar refractivity (Wildman–Crippen MR) is 111 cm³/mol. The van der Waals surface area contributed by atoms with Crippen LogP contribution in [0.25, 0.3) is 0 Å². The third-order valence-corrected chi connectivity index (χ3v) is 6.88. The lowest BCUT2D eigenvalue weighted by atomic mass is 9.75. The molecule has 2 amide bonds. The number of likely N-dealkylation sites (tertiary alicyclic amines) is 1. The monoisotopic (exact) mass is 383 g/mol. The molecule has 0 spiro atoms. The molecule has 152 valence electrons. The van der Waals surface area contributed by atoms with Gasteiger partial charge in [-0.1, -0.05) is 44.2 Å². The van der Waals surface area contributed by atoms with Crippen molar-refractivity contribution in [2.75, 3.05) is 25.0 Å². The van der Waals surface area contributed by atoms with Crippen LogP contribution in [-0.2, 0) is 4.79 Å². The number of hydrogen-bond donors (Lipinski definition) is 2. The number of carbonyl (C=O) groups is 2. The van der Waals surface area contributed by atoms with Crippen molar-refractivity contribution in [1.82, 2.24) is 10.2 Å². The molecule has 0 bridgehead atoms. The molecule has 2 saturated carbocycles. The smallest absolute Gasteiger partial charge is 0.253 e. The number of nitrogens with one attached hydrogen (secondary N) is 2. The normalized spacial score (nSPS) is 25.9. The van der Waals surface area contributed by atoms with Gasteiger partial charge in [-0.15, -0.1) is 0 Å². The number of fused-ring (bicyclic) bond motifs is 1. The number of nitrogens with zero attached hydrogens (tertiary/aromatic N) is 1. The average molecular weight is 384 g/mol. The van der Waals surface area contributed by atoms with Gasteiger partial charge in [0, 0.05) is 12.6 Å². The summed E-state index contributed by atoms with van der Waals surface area (Å²) in [5.74, 6) is 1.54. The quantitative estimate of drug-likeness (QED) is 0.813. The fourth-order valence-electron chi connectivity index (χ4n) is 5.34. The summed E-state index contributed by atoms with van der Waals surface area (Å²) in [5.41, 5.74) is 1.18. The van der Waals surface area contributed by atoms with Gasteiger partial charge in [0.15, 0.2) is 0 Å². The van der Waals surface area contributed by atoms with Crippen LogP contribution in [0.3, 0.4) is 0 Å².